The maximum Gasteiger partial charge on any atom is 0.0686 e. The third-order valence-electron chi connectivity index (χ3n) is 6.65. The first-order valence-corrected chi connectivity index (χ1v) is 8.61. The molecule has 1 N–H and O–H groups in total. The first-order valence-electron chi connectivity index (χ1n) is 8.61. The van der Waals surface area contributed by atoms with E-state index in [2.05, 4.69) is 0 Å². The average Bonchev–Trinajstić information content (AvgIpc) is 3.02. The molecule has 0 aromatic carbocycles. The van der Waals surface area contributed by atoms with Gasteiger partial charge >= 0.3 is 0 Å². The van der Waals surface area contributed by atoms with Crippen molar-refractivity contribution in [1.82, 2.24) is 0 Å². The van der Waals surface area contributed by atoms with Crippen LogP contribution in [-0.2, 0) is 4.74 Å². The molecule has 4 rings (SSSR count). The molecular formula is C17H28O2. The molecule has 3 saturated carbocycles. The second-order valence-electron chi connectivity index (χ2n) is 7.67. The van der Waals surface area contributed by atoms with Crippen LogP contribution in [-0.4, -0.2) is 23.4 Å². The lowest BCUT2D eigenvalue weighted by molar-refractivity contribution is -0.116. The standard InChI is InChI=1S/C17H28O2/c18-16(15-13-5-1-2-6-14(13)15)12-7-10-19-17(11-12)8-3-4-9-17/h12-16,18H,1-11H2. The molecule has 0 aromatic heterocycles. The number of rotatable bonds is 2. The second-order valence-corrected chi connectivity index (χ2v) is 7.67. The highest BCUT2D eigenvalue weighted by Crippen LogP contribution is 2.59. The Labute approximate surface area is 116 Å². The van der Waals surface area contributed by atoms with E-state index in [9.17, 15) is 5.11 Å². The van der Waals surface area contributed by atoms with Crippen LogP contribution in [0.2, 0.25) is 0 Å². The van der Waals surface area contributed by atoms with Crippen LogP contribution in [0.3, 0.4) is 0 Å². The summed E-state index contributed by atoms with van der Waals surface area (Å²) in [5, 5.41) is 10.8. The zero-order valence-corrected chi connectivity index (χ0v) is 12.0. The molecule has 1 spiro atoms. The van der Waals surface area contributed by atoms with Gasteiger partial charge in [0.2, 0.25) is 0 Å². The van der Waals surface area contributed by atoms with Crippen molar-refractivity contribution in [2.24, 2.45) is 23.7 Å². The van der Waals surface area contributed by atoms with Crippen LogP contribution in [0, 0.1) is 23.7 Å². The Bertz CT molecular complexity index is 322. The van der Waals surface area contributed by atoms with Gasteiger partial charge in [0.15, 0.2) is 0 Å². The van der Waals surface area contributed by atoms with Crippen LogP contribution in [0.1, 0.15) is 64.2 Å². The molecule has 1 aliphatic heterocycles. The second kappa shape index (κ2) is 4.73. The van der Waals surface area contributed by atoms with Gasteiger partial charge in [-0.15, -0.1) is 0 Å². The number of hydrogen-bond donors (Lipinski definition) is 1. The van der Waals surface area contributed by atoms with E-state index in [1.54, 1.807) is 0 Å². The van der Waals surface area contributed by atoms with E-state index in [1.165, 1.54) is 51.4 Å². The molecule has 3 aliphatic carbocycles. The van der Waals surface area contributed by atoms with Crippen LogP contribution in [0.5, 0.6) is 0 Å². The van der Waals surface area contributed by atoms with Gasteiger partial charge in [-0.3, -0.25) is 0 Å². The summed E-state index contributed by atoms with van der Waals surface area (Å²) in [5.74, 6) is 2.95. The monoisotopic (exact) mass is 264 g/mol. The molecular weight excluding hydrogens is 236 g/mol. The molecule has 19 heavy (non-hydrogen) atoms. The van der Waals surface area contributed by atoms with Crippen molar-refractivity contribution in [3.05, 3.63) is 0 Å². The third-order valence-corrected chi connectivity index (χ3v) is 6.65. The fourth-order valence-corrected chi connectivity index (χ4v) is 5.59. The van der Waals surface area contributed by atoms with E-state index in [0.29, 0.717) is 11.8 Å². The molecule has 0 radical (unpaired) electrons. The van der Waals surface area contributed by atoms with Crippen molar-refractivity contribution in [3.8, 4) is 0 Å². The lowest BCUT2D eigenvalue weighted by Crippen LogP contribution is -2.42. The summed E-state index contributed by atoms with van der Waals surface area (Å²) >= 11 is 0. The van der Waals surface area contributed by atoms with E-state index >= 15 is 0 Å². The molecule has 108 valence electrons. The van der Waals surface area contributed by atoms with Crippen LogP contribution in [0.15, 0.2) is 0 Å². The van der Waals surface area contributed by atoms with Crippen molar-refractivity contribution in [3.63, 3.8) is 0 Å². The summed E-state index contributed by atoms with van der Waals surface area (Å²) in [6, 6.07) is 0. The number of fused-ring (bicyclic) bond motifs is 1. The molecule has 0 amide bonds. The lowest BCUT2D eigenvalue weighted by Gasteiger charge is -2.40. The molecule has 4 unspecified atom stereocenters. The van der Waals surface area contributed by atoms with Gasteiger partial charge in [-0.25, -0.2) is 0 Å². The van der Waals surface area contributed by atoms with Gasteiger partial charge in [-0.2, -0.15) is 0 Å². The smallest absolute Gasteiger partial charge is 0.0686 e. The molecule has 4 aliphatic rings. The maximum atomic E-state index is 10.8. The van der Waals surface area contributed by atoms with Crippen LogP contribution in [0.25, 0.3) is 0 Å². The predicted molar refractivity (Wildman–Crippen MR) is 74.8 cm³/mol. The van der Waals surface area contributed by atoms with E-state index < -0.39 is 0 Å². The van der Waals surface area contributed by atoms with Gasteiger partial charge in [-0.1, -0.05) is 25.7 Å². The SMILES string of the molecule is OC(C1CCOC2(CCCC2)C1)C1C2CCCCC21. The number of aliphatic hydroxyl groups is 1. The van der Waals surface area contributed by atoms with Crippen molar-refractivity contribution in [1.29, 1.82) is 0 Å². The third kappa shape index (κ3) is 2.15. The fourth-order valence-electron chi connectivity index (χ4n) is 5.59. The van der Waals surface area contributed by atoms with Crippen molar-refractivity contribution in [2.45, 2.75) is 75.9 Å². The first-order chi connectivity index (χ1) is 9.29. The Morgan fingerprint density at radius 3 is 2.32 bits per heavy atom. The number of ether oxygens (including phenoxy) is 1. The molecule has 0 bridgehead atoms. The molecule has 2 nitrogen and oxygen atoms in total. The van der Waals surface area contributed by atoms with Crippen molar-refractivity contribution in [2.75, 3.05) is 6.61 Å². The van der Waals surface area contributed by atoms with E-state index in [0.717, 1.165) is 31.3 Å². The van der Waals surface area contributed by atoms with Gasteiger partial charge in [-0.05, 0) is 62.2 Å². The zero-order chi connectivity index (χ0) is 12.9. The first kappa shape index (κ1) is 12.6. The topological polar surface area (TPSA) is 29.5 Å². The number of aliphatic hydroxyl groups excluding tert-OH is 1. The summed E-state index contributed by atoms with van der Waals surface area (Å²) in [7, 11) is 0. The Balaban J connectivity index is 1.41. The van der Waals surface area contributed by atoms with E-state index in [4.69, 9.17) is 4.74 Å². The highest BCUT2D eigenvalue weighted by atomic mass is 16.5. The van der Waals surface area contributed by atoms with Crippen LogP contribution < -0.4 is 0 Å². The average molecular weight is 264 g/mol. The molecule has 1 saturated heterocycles. The van der Waals surface area contributed by atoms with E-state index in [-0.39, 0.29) is 11.7 Å². The molecule has 4 fully saturated rings. The van der Waals surface area contributed by atoms with E-state index in [1.807, 2.05) is 0 Å². The van der Waals surface area contributed by atoms with Gasteiger partial charge in [0.1, 0.15) is 0 Å². The summed E-state index contributed by atoms with van der Waals surface area (Å²) in [6.07, 6.45) is 13.0. The van der Waals surface area contributed by atoms with Crippen LogP contribution >= 0.6 is 0 Å². The van der Waals surface area contributed by atoms with Crippen molar-refractivity contribution < 1.29 is 9.84 Å². The van der Waals surface area contributed by atoms with Gasteiger partial charge < -0.3 is 9.84 Å². The minimum atomic E-state index is -0.0190. The summed E-state index contributed by atoms with van der Waals surface area (Å²) in [5.41, 5.74) is 0.171. The Morgan fingerprint density at radius 2 is 1.63 bits per heavy atom. The lowest BCUT2D eigenvalue weighted by atomic mass is 9.80. The molecule has 1 heterocycles. The minimum Gasteiger partial charge on any atom is -0.393 e. The largest absolute Gasteiger partial charge is 0.393 e. The van der Waals surface area contributed by atoms with Gasteiger partial charge in [0, 0.05) is 6.61 Å². The predicted octanol–water partition coefficient (Wildman–Crippen LogP) is 3.52. The van der Waals surface area contributed by atoms with Crippen LogP contribution in [0.4, 0.5) is 0 Å². The Morgan fingerprint density at radius 1 is 0.947 bits per heavy atom. The Hall–Kier alpha value is -0.0800. The molecule has 4 atom stereocenters. The summed E-state index contributed by atoms with van der Waals surface area (Å²) < 4.78 is 6.11. The zero-order valence-electron chi connectivity index (χ0n) is 12.0. The van der Waals surface area contributed by atoms with Gasteiger partial charge in [0.25, 0.3) is 0 Å². The maximum absolute atomic E-state index is 10.8. The molecule has 2 heteroatoms. The number of hydrogen-bond acceptors (Lipinski definition) is 2. The minimum absolute atomic E-state index is 0.0190. The highest BCUT2D eigenvalue weighted by Gasteiger charge is 2.56. The van der Waals surface area contributed by atoms with Crippen molar-refractivity contribution >= 4 is 0 Å². The quantitative estimate of drug-likeness (QED) is 0.827. The Kier molecular flexibility index (Phi) is 3.15. The highest BCUT2D eigenvalue weighted by molar-refractivity contribution is 5.05. The molecule has 0 aromatic rings. The van der Waals surface area contributed by atoms with Gasteiger partial charge in [0.05, 0.1) is 11.7 Å². The summed E-state index contributed by atoms with van der Waals surface area (Å²) in [6.45, 7) is 0.893. The normalized spacial score (nSPS) is 45.9. The summed E-state index contributed by atoms with van der Waals surface area (Å²) in [4.78, 5) is 0. The fraction of sp³-hybridized carbons (Fsp3) is 1.00.